The summed E-state index contributed by atoms with van der Waals surface area (Å²) in [7, 11) is 0. The minimum atomic E-state index is -0.963. The zero-order valence-corrected chi connectivity index (χ0v) is 13.6. The molecule has 0 spiro atoms. The van der Waals surface area contributed by atoms with Crippen LogP contribution >= 0.6 is 0 Å². The molecular weight excluding hydrogens is 298 g/mol. The first-order valence-corrected chi connectivity index (χ1v) is 7.77. The molecule has 0 radical (unpaired) electrons. The van der Waals surface area contributed by atoms with E-state index >= 15 is 0 Å². The summed E-state index contributed by atoms with van der Waals surface area (Å²) in [6.45, 7) is 1.42. The summed E-state index contributed by atoms with van der Waals surface area (Å²) in [5.74, 6) is -0.963. The third-order valence-electron chi connectivity index (χ3n) is 3.49. The topological polar surface area (TPSA) is 63.3 Å². The molecule has 0 bridgehead atoms. The molecule has 3 rings (SSSR count). The van der Waals surface area contributed by atoms with Crippen molar-refractivity contribution < 1.29 is 9.90 Å². The smallest absolute Gasteiger partial charge is 0.320 e. The number of aliphatic carboxylic acids is 1. The summed E-state index contributed by atoms with van der Waals surface area (Å²) >= 11 is 0. The minimum absolute atomic E-state index is 0.731. The Hall–Kier alpha value is -2.91. The van der Waals surface area contributed by atoms with Crippen molar-refractivity contribution in [1.29, 1.82) is 0 Å². The SMILES string of the molecule is C[C@H](N)C(=O)O.c1ccc(-c2ccc(-c3ccccc3)cc2)cc1. The number of nitrogens with two attached hydrogens (primary N) is 1. The maximum atomic E-state index is 9.57. The van der Waals surface area contributed by atoms with Gasteiger partial charge in [0.1, 0.15) is 6.04 Å². The van der Waals surface area contributed by atoms with Crippen LogP contribution in [0.5, 0.6) is 0 Å². The Balaban J connectivity index is 0.000000301. The largest absolute Gasteiger partial charge is 0.480 e. The van der Waals surface area contributed by atoms with Crippen LogP contribution in [0.1, 0.15) is 6.92 Å². The predicted octanol–water partition coefficient (Wildman–Crippen LogP) is 4.44. The van der Waals surface area contributed by atoms with Crippen molar-refractivity contribution >= 4 is 5.97 Å². The first kappa shape index (κ1) is 17.4. The summed E-state index contributed by atoms with van der Waals surface area (Å²) < 4.78 is 0. The van der Waals surface area contributed by atoms with Gasteiger partial charge in [0, 0.05) is 0 Å². The highest BCUT2D eigenvalue weighted by Gasteiger charge is 2.00. The van der Waals surface area contributed by atoms with E-state index in [1.165, 1.54) is 29.2 Å². The Bertz CT molecular complexity index is 692. The van der Waals surface area contributed by atoms with Crippen LogP contribution in [0, 0.1) is 0 Å². The molecule has 0 heterocycles. The predicted molar refractivity (Wildman–Crippen MR) is 98.6 cm³/mol. The lowest BCUT2D eigenvalue weighted by molar-refractivity contribution is -0.138. The van der Waals surface area contributed by atoms with E-state index in [2.05, 4.69) is 72.8 Å². The van der Waals surface area contributed by atoms with Gasteiger partial charge in [0.15, 0.2) is 0 Å². The highest BCUT2D eigenvalue weighted by atomic mass is 16.4. The van der Waals surface area contributed by atoms with Crippen molar-refractivity contribution in [2.24, 2.45) is 5.73 Å². The Labute approximate surface area is 142 Å². The fourth-order valence-electron chi connectivity index (χ4n) is 2.12. The summed E-state index contributed by atoms with van der Waals surface area (Å²) in [5.41, 5.74) is 9.88. The fourth-order valence-corrected chi connectivity index (χ4v) is 2.12. The summed E-state index contributed by atoms with van der Waals surface area (Å²) in [6, 6.07) is 28.9. The number of hydrogen-bond donors (Lipinski definition) is 2. The molecule has 0 aliphatic heterocycles. The van der Waals surface area contributed by atoms with Crippen LogP contribution in [0.15, 0.2) is 84.9 Å². The van der Waals surface area contributed by atoms with Gasteiger partial charge in [-0.2, -0.15) is 0 Å². The lowest BCUT2D eigenvalue weighted by Gasteiger charge is -2.04. The van der Waals surface area contributed by atoms with Crippen molar-refractivity contribution in [2.75, 3.05) is 0 Å². The molecule has 3 aromatic carbocycles. The van der Waals surface area contributed by atoms with E-state index in [9.17, 15) is 4.79 Å². The molecule has 24 heavy (non-hydrogen) atoms. The monoisotopic (exact) mass is 319 g/mol. The molecule has 0 saturated carbocycles. The number of carbonyl (C=O) groups is 1. The first-order chi connectivity index (χ1) is 11.6. The van der Waals surface area contributed by atoms with Gasteiger partial charge in [-0.1, -0.05) is 84.9 Å². The van der Waals surface area contributed by atoms with E-state index < -0.39 is 12.0 Å². The molecule has 3 heteroatoms. The molecule has 0 aliphatic carbocycles. The van der Waals surface area contributed by atoms with Gasteiger partial charge in [0.05, 0.1) is 0 Å². The third-order valence-corrected chi connectivity index (χ3v) is 3.49. The van der Waals surface area contributed by atoms with Crippen LogP contribution in [0.2, 0.25) is 0 Å². The van der Waals surface area contributed by atoms with Gasteiger partial charge < -0.3 is 10.8 Å². The highest BCUT2D eigenvalue weighted by molar-refractivity contribution is 5.72. The quantitative estimate of drug-likeness (QED) is 0.750. The van der Waals surface area contributed by atoms with E-state index in [0.717, 1.165) is 0 Å². The zero-order valence-electron chi connectivity index (χ0n) is 13.6. The van der Waals surface area contributed by atoms with Crippen LogP contribution in [0.4, 0.5) is 0 Å². The maximum absolute atomic E-state index is 9.57. The van der Waals surface area contributed by atoms with Crippen LogP contribution in [-0.2, 0) is 4.79 Å². The van der Waals surface area contributed by atoms with Gasteiger partial charge in [-0.15, -0.1) is 0 Å². The highest BCUT2D eigenvalue weighted by Crippen LogP contribution is 2.24. The average molecular weight is 319 g/mol. The number of rotatable bonds is 3. The molecule has 0 saturated heterocycles. The molecule has 0 aliphatic rings. The Morgan fingerprint density at radius 1 is 0.708 bits per heavy atom. The van der Waals surface area contributed by atoms with Gasteiger partial charge in [-0.3, -0.25) is 4.79 Å². The Morgan fingerprint density at radius 2 is 0.958 bits per heavy atom. The average Bonchev–Trinajstić information content (AvgIpc) is 2.64. The lowest BCUT2D eigenvalue weighted by Crippen LogP contribution is -2.25. The lowest BCUT2D eigenvalue weighted by atomic mass is 10.0. The summed E-state index contributed by atoms with van der Waals surface area (Å²) in [5, 5.41) is 7.87. The van der Waals surface area contributed by atoms with E-state index in [-0.39, 0.29) is 0 Å². The fraction of sp³-hybridized carbons (Fsp3) is 0.0952. The molecule has 3 N–H and O–H groups in total. The molecule has 3 aromatic rings. The second-order valence-corrected chi connectivity index (χ2v) is 5.44. The van der Waals surface area contributed by atoms with E-state index in [1.54, 1.807) is 0 Å². The van der Waals surface area contributed by atoms with E-state index in [4.69, 9.17) is 10.8 Å². The maximum Gasteiger partial charge on any atom is 0.320 e. The summed E-state index contributed by atoms with van der Waals surface area (Å²) in [6.07, 6.45) is 0. The summed E-state index contributed by atoms with van der Waals surface area (Å²) in [4.78, 5) is 9.57. The molecule has 3 nitrogen and oxygen atoms in total. The molecule has 0 fully saturated rings. The minimum Gasteiger partial charge on any atom is -0.480 e. The van der Waals surface area contributed by atoms with Crippen LogP contribution < -0.4 is 5.73 Å². The molecular formula is C21H21NO2. The van der Waals surface area contributed by atoms with Gasteiger partial charge in [0.2, 0.25) is 0 Å². The third kappa shape index (κ3) is 5.07. The number of carboxylic acids is 1. The van der Waals surface area contributed by atoms with Gasteiger partial charge in [-0.05, 0) is 29.2 Å². The van der Waals surface area contributed by atoms with Gasteiger partial charge >= 0.3 is 5.97 Å². The second kappa shape index (κ2) is 8.65. The Morgan fingerprint density at radius 3 is 1.21 bits per heavy atom. The molecule has 0 unspecified atom stereocenters. The number of carboxylic acid groups (broad SMARTS) is 1. The molecule has 1 atom stereocenters. The molecule has 122 valence electrons. The molecule has 0 amide bonds. The van der Waals surface area contributed by atoms with Crippen molar-refractivity contribution in [1.82, 2.24) is 0 Å². The van der Waals surface area contributed by atoms with Gasteiger partial charge in [-0.25, -0.2) is 0 Å². The van der Waals surface area contributed by atoms with Crippen molar-refractivity contribution in [2.45, 2.75) is 13.0 Å². The van der Waals surface area contributed by atoms with Crippen LogP contribution in [-0.4, -0.2) is 17.1 Å². The van der Waals surface area contributed by atoms with Crippen molar-refractivity contribution in [3.63, 3.8) is 0 Å². The first-order valence-electron chi connectivity index (χ1n) is 7.77. The van der Waals surface area contributed by atoms with Crippen LogP contribution in [0.3, 0.4) is 0 Å². The standard InChI is InChI=1S/C18H14.C3H7NO2/c1-3-7-15(8-4-1)17-11-13-18(14-12-17)16-9-5-2-6-10-16;1-2(4)3(5)6/h1-14H;2H,4H2,1H3,(H,5,6)/t;2-/m.0/s1. The van der Waals surface area contributed by atoms with Crippen molar-refractivity contribution in [3.8, 4) is 22.3 Å². The number of benzene rings is 3. The normalized spacial score (nSPS) is 11.1. The van der Waals surface area contributed by atoms with Gasteiger partial charge in [0.25, 0.3) is 0 Å². The number of hydrogen-bond acceptors (Lipinski definition) is 2. The Kier molecular flexibility index (Phi) is 6.29. The zero-order chi connectivity index (χ0) is 17.4. The van der Waals surface area contributed by atoms with E-state index in [1.807, 2.05) is 12.1 Å². The second-order valence-electron chi connectivity index (χ2n) is 5.44. The van der Waals surface area contributed by atoms with Crippen LogP contribution in [0.25, 0.3) is 22.3 Å². The van der Waals surface area contributed by atoms with E-state index in [0.29, 0.717) is 0 Å². The van der Waals surface area contributed by atoms with Crippen molar-refractivity contribution in [3.05, 3.63) is 84.9 Å². The molecule has 0 aromatic heterocycles.